The summed E-state index contributed by atoms with van der Waals surface area (Å²) in [7, 11) is 1.92. The molecule has 10 nitrogen and oxygen atoms in total. The van der Waals surface area contributed by atoms with E-state index in [2.05, 4.69) is 5.32 Å². The molecule has 1 aromatic heterocycles. The Hall–Kier alpha value is -2.53. The number of piperidine rings is 2. The second-order valence-corrected chi connectivity index (χ2v) is 13.4. The highest BCUT2D eigenvalue weighted by molar-refractivity contribution is 5.57. The van der Waals surface area contributed by atoms with Crippen LogP contribution in [0.4, 0.5) is 17.6 Å². The molecule has 2 fully saturated rings. The van der Waals surface area contributed by atoms with Crippen molar-refractivity contribution in [2.45, 2.75) is 115 Å². The number of hydrogen-bond donors (Lipinski definition) is 3. The summed E-state index contributed by atoms with van der Waals surface area (Å²) >= 11 is 0. The quantitative estimate of drug-likeness (QED) is 0.460. The molecule has 2 aromatic rings. The molecule has 0 bridgehead atoms. The average Bonchev–Trinajstić information content (AvgIpc) is 2.80. The van der Waals surface area contributed by atoms with Crippen molar-refractivity contribution in [3.05, 3.63) is 30.3 Å². The molecule has 1 aromatic carbocycles. The summed E-state index contributed by atoms with van der Waals surface area (Å²) in [6.45, 7) is 16.2. The maximum absolute atomic E-state index is 10.7. The average molecular weight is 528 g/mol. The van der Waals surface area contributed by atoms with Crippen molar-refractivity contribution in [2.75, 3.05) is 17.3 Å². The Morgan fingerprint density at radius 3 is 1.82 bits per heavy atom. The molecular formula is C28H45N7O3. The SMILES string of the molecule is CN(c1ccccc1)c1nc(NC2CC(C)(C)N(O)C(C)(C)C2)nc(OC2CC(C)(C)N(O)C(C)(C)C2)n1. The number of benzene rings is 1. The van der Waals surface area contributed by atoms with Gasteiger partial charge in [-0.3, -0.25) is 0 Å². The number of anilines is 3. The van der Waals surface area contributed by atoms with Gasteiger partial charge in [0.1, 0.15) is 6.10 Å². The fourth-order valence-electron chi connectivity index (χ4n) is 6.35. The van der Waals surface area contributed by atoms with Crippen LogP contribution in [0, 0.1) is 0 Å². The lowest BCUT2D eigenvalue weighted by atomic mass is 9.79. The minimum Gasteiger partial charge on any atom is -0.460 e. The van der Waals surface area contributed by atoms with Crippen LogP contribution in [-0.2, 0) is 0 Å². The first-order valence-electron chi connectivity index (χ1n) is 13.5. The van der Waals surface area contributed by atoms with E-state index in [9.17, 15) is 10.4 Å². The molecule has 0 amide bonds. The first kappa shape index (κ1) is 28.5. The summed E-state index contributed by atoms with van der Waals surface area (Å²) in [5, 5.41) is 27.9. The molecule has 0 radical (unpaired) electrons. The van der Waals surface area contributed by atoms with Gasteiger partial charge in [-0.1, -0.05) is 18.2 Å². The number of hydroxylamine groups is 4. The van der Waals surface area contributed by atoms with Crippen molar-refractivity contribution in [3.8, 4) is 6.01 Å². The van der Waals surface area contributed by atoms with Crippen molar-refractivity contribution in [2.24, 2.45) is 0 Å². The van der Waals surface area contributed by atoms with E-state index in [1.807, 2.05) is 97.7 Å². The van der Waals surface area contributed by atoms with Gasteiger partial charge in [0.05, 0.1) is 0 Å². The molecule has 0 spiro atoms. The van der Waals surface area contributed by atoms with Crippen molar-refractivity contribution in [1.82, 2.24) is 25.1 Å². The lowest BCUT2D eigenvalue weighted by Crippen LogP contribution is -2.61. The molecule has 3 N–H and O–H groups in total. The molecule has 3 heterocycles. The van der Waals surface area contributed by atoms with Crippen LogP contribution in [0.25, 0.3) is 0 Å². The van der Waals surface area contributed by atoms with Crippen LogP contribution in [0.1, 0.15) is 81.1 Å². The van der Waals surface area contributed by atoms with E-state index in [1.54, 1.807) is 0 Å². The minimum atomic E-state index is -0.459. The van der Waals surface area contributed by atoms with Gasteiger partial charge < -0.3 is 25.4 Å². The third-order valence-corrected chi connectivity index (χ3v) is 7.89. The van der Waals surface area contributed by atoms with Gasteiger partial charge in [0.25, 0.3) is 0 Å². The van der Waals surface area contributed by atoms with Crippen LogP contribution in [0.5, 0.6) is 6.01 Å². The maximum atomic E-state index is 10.7. The molecule has 4 rings (SSSR count). The third-order valence-electron chi connectivity index (χ3n) is 7.89. The van der Waals surface area contributed by atoms with Crippen LogP contribution >= 0.6 is 0 Å². The highest BCUT2D eigenvalue weighted by Crippen LogP contribution is 2.39. The smallest absolute Gasteiger partial charge is 0.323 e. The molecule has 0 atom stereocenters. The van der Waals surface area contributed by atoms with Gasteiger partial charge in [-0.15, -0.1) is 0 Å². The predicted octanol–water partition coefficient (Wildman–Crippen LogP) is 5.25. The molecule has 38 heavy (non-hydrogen) atoms. The second kappa shape index (κ2) is 9.89. The fourth-order valence-corrected chi connectivity index (χ4v) is 6.35. The van der Waals surface area contributed by atoms with E-state index in [-0.39, 0.29) is 18.2 Å². The van der Waals surface area contributed by atoms with Crippen molar-refractivity contribution < 1.29 is 15.2 Å². The van der Waals surface area contributed by atoms with E-state index in [0.29, 0.717) is 24.7 Å². The summed E-state index contributed by atoms with van der Waals surface area (Å²) in [5.41, 5.74) is -0.795. The zero-order valence-corrected chi connectivity index (χ0v) is 24.4. The van der Waals surface area contributed by atoms with Crippen LogP contribution in [0.2, 0.25) is 0 Å². The van der Waals surface area contributed by atoms with Crippen LogP contribution in [-0.4, -0.2) is 76.8 Å². The third kappa shape index (κ3) is 5.88. The summed E-state index contributed by atoms with van der Waals surface area (Å²) in [4.78, 5) is 16.1. The number of para-hydroxylation sites is 1. The molecular weight excluding hydrogens is 482 g/mol. The highest BCUT2D eigenvalue weighted by Gasteiger charge is 2.47. The number of rotatable bonds is 6. The van der Waals surface area contributed by atoms with Gasteiger partial charge in [-0.2, -0.15) is 25.1 Å². The van der Waals surface area contributed by atoms with E-state index in [4.69, 9.17) is 19.7 Å². The van der Waals surface area contributed by atoms with Crippen molar-refractivity contribution in [3.63, 3.8) is 0 Å². The zero-order valence-electron chi connectivity index (χ0n) is 24.4. The molecule has 0 unspecified atom stereocenters. The van der Waals surface area contributed by atoms with Gasteiger partial charge in [0.15, 0.2) is 0 Å². The number of hydrogen-bond acceptors (Lipinski definition) is 10. The Morgan fingerprint density at radius 1 is 0.789 bits per heavy atom. The standard InChI is InChI=1S/C28H45N7O3/c1-25(2)15-19(16-26(3,4)34(25)36)29-22-30-23(33(9)20-13-11-10-12-14-20)32-24(31-22)38-21-17-27(5,6)35(37)28(7,8)18-21/h10-14,19,21,36-37H,15-18H2,1-9H3,(H,29,30,31,32). The Balaban J connectivity index is 1.65. The molecule has 210 valence electrons. The summed E-state index contributed by atoms with van der Waals surface area (Å²) < 4.78 is 6.42. The topological polar surface area (TPSA) is 110 Å². The van der Waals surface area contributed by atoms with E-state index < -0.39 is 22.2 Å². The summed E-state index contributed by atoms with van der Waals surface area (Å²) in [6.07, 6.45) is 2.51. The van der Waals surface area contributed by atoms with Gasteiger partial charge in [-0.05, 0) is 80.4 Å². The lowest BCUT2D eigenvalue weighted by Gasteiger charge is -2.51. The van der Waals surface area contributed by atoms with E-state index in [0.717, 1.165) is 18.5 Å². The zero-order chi connectivity index (χ0) is 28.1. The molecule has 2 aliphatic rings. The second-order valence-electron chi connectivity index (χ2n) is 13.4. The first-order chi connectivity index (χ1) is 17.5. The number of nitrogens with zero attached hydrogens (tertiary/aromatic N) is 6. The Labute approximate surface area is 227 Å². The number of aromatic nitrogens is 3. The van der Waals surface area contributed by atoms with Gasteiger partial charge >= 0.3 is 6.01 Å². The fraction of sp³-hybridized carbons (Fsp3) is 0.679. The molecule has 0 saturated carbocycles. The van der Waals surface area contributed by atoms with Crippen molar-refractivity contribution >= 4 is 17.6 Å². The monoisotopic (exact) mass is 527 g/mol. The number of nitrogens with one attached hydrogen (secondary N) is 1. The number of ether oxygens (including phenoxy) is 1. The molecule has 2 saturated heterocycles. The van der Waals surface area contributed by atoms with Crippen LogP contribution in [0.3, 0.4) is 0 Å². The lowest BCUT2D eigenvalue weighted by molar-refractivity contribution is -0.255. The Kier molecular flexibility index (Phi) is 7.42. The highest BCUT2D eigenvalue weighted by atomic mass is 16.5. The van der Waals surface area contributed by atoms with Crippen LogP contribution < -0.4 is 15.0 Å². The minimum absolute atomic E-state index is 0.0454. The van der Waals surface area contributed by atoms with Gasteiger partial charge in [0, 0.05) is 53.8 Å². The maximum Gasteiger partial charge on any atom is 0.323 e. The predicted molar refractivity (Wildman–Crippen MR) is 148 cm³/mol. The normalized spacial score (nSPS) is 23.7. The van der Waals surface area contributed by atoms with Gasteiger partial charge in [0.2, 0.25) is 11.9 Å². The molecule has 10 heteroatoms. The molecule has 0 aliphatic carbocycles. The van der Waals surface area contributed by atoms with Gasteiger partial charge in [-0.25, -0.2) is 0 Å². The van der Waals surface area contributed by atoms with E-state index >= 15 is 0 Å². The summed E-state index contributed by atoms with van der Waals surface area (Å²) in [5.74, 6) is 0.911. The summed E-state index contributed by atoms with van der Waals surface area (Å²) in [6, 6.07) is 10.2. The Bertz CT molecular complexity index is 1020. The van der Waals surface area contributed by atoms with E-state index in [1.165, 1.54) is 10.1 Å². The Morgan fingerprint density at radius 2 is 1.29 bits per heavy atom. The molecule has 2 aliphatic heterocycles. The largest absolute Gasteiger partial charge is 0.460 e. The van der Waals surface area contributed by atoms with Crippen LogP contribution in [0.15, 0.2) is 30.3 Å². The van der Waals surface area contributed by atoms with Crippen molar-refractivity contribution in [1.29, 1.82) is 0 Å². The first-order valence-corrected chi connectivity index (χ1v) is 13.5.